The molecule has 1 N–H and O–H groups in total. The van der Waals surface area contributed by atoms with E-state index >= 15 is 0 Å². The minimum Gasteiger partial charge on any atom is -0.439 e. The van der Waals surface area contributed by atoms with Crippen molar-refractivity contribution in [2.45, 2.75) is 25.4 Å². The van der Waals surface area contributed by atoms with Crippen LogP contribution in [-0.4, -0.2) is 23.0 Å². The molecule has 32 heavy (non-hydrogen) atoms. The maximum absolute atomic E-state index is 13.0. The molecule has 1 amide bonds. The van der Waals surface area contributed by atoms with E-state index in [0.29, 0.717) is 35.5 Å². The van der Waals surface area contributed by atoms with Crippen molar-refractivity contribution < 1.29 is 14.3 Å². The quantitative estimate of drug-likeness (QED) is 0.411. The Morgan fingerprint density at radius 2 is 1.94 bits per heavy atom. The Hall–Kier alpha value is -3.77. The van der Waals surface area contributed by atoms with Gasteiger partial charge in [-0.15, -0.1) is 0 Å². The molecule has 0 bridgehead atoms. The second-order valence-electron chi connectivity index (χ2n) is 7.89. The maximum atomic E-state index is 13.0. The molecular formula is C26H23N3O3. The fourth-order valence-electron chi connectivity index (χ4n) is 3.77. The molecule has 1 aliphatic rings. The lowest BCUT2D eigenvalue weighted by molar-refractivity contribution is 0.102. The highest BCUT2D eigenvalue weighted by Crippen LogP contribution is 2.40. The number of nitrogens with zero attached hydrogens (tertiary/aromatic N) is 2. The van der Waals surface area contributed by atoms with Gasteiger partial charge in [0, 0.05) is 30.6 Å². The first-order valence-electron chi connectivity index (χ1n) is 10.6. The van der Waals surface area contributed by atoms with Crippen molar-refractivity contribution in [2.24, 2.45) is 0 Å². The van der Waals surface area contributed by atoms with Gasteiger partial charge < -0.3 is 14.8 Å². The topological polar surface area (TPSA) is 73.3 Å². The Balaban J connectivity index is 1.37. The van der Waals surface area contributed by atoms with Gasteiger partial charge in [0.2, 0.25) is 5.88 Å². The van der Waals surface area contributed by atoms with Crippen molar-refractivity contribution in [3.8, 4) is 11.6 Å². The fraction of sp³-hybridized carbons (Fsp3) is 0.192. The normalized spacial score (nSPS) is 13.2. The van der Waals surface area contributed by atoms with Gasteiger partial charge in [-0.2, -0.15) is 4.98 Å². The average Bonchev–Trinajstić information content (AvgIpc) is 3.65. The van der Waals surface area contributed by atoms with Crippen LogP contribution in [0.3, 0.4) is 0 Å². The van der Waals surface area contributed by atoms with Gasteiger partial charge in [0.25, 0.3) is 5.91 Å². The number of benzene rings is 3. The molecular weight excluding hydrogens is 402 g/mol. The number of fused-ring (bicyclic) bond motifs is 1. The highest BCUT2D eigenvalue weighted by atomic mass is 16.5. The molecule has 0 saturated heterocycles. The Morgan fingerprint density at radius 3 is 2.78 bits per heavy atom. The number of carbonyl (C=O) groups excluding carboxylic acids is 1. The summed E-state index contributed by atoms with van der Waals surface area (Å²) in [4.78, 5) is 21.5. The maximum Gasteiger partial charge on any atom is 0.256 e. The molecule has 0 aliphatic heterocycles. The number of aromatic nitrogens is 2. The lowest BCUT2D eigenvalue weighted by Gasteiger charge is -2.11. The molecule has 1 fully saturated rings. The first-order chi connectivity index (χ1) is 15.7. The number of hydrogen-bond acceptors (Lipinski definition) is 5. The van der Waals surface area contributed by atoms with Gasteiger partial charge in [-0.25, -0.2) is 4.98 Å². The summed E-state index contributed by atoms with van der Waals surface area (Å²) in [5, 5.41) is 4.82. The second-order valence-corrected chi connectivity index (χ2v) is 7.89. The summed E-state index contributed by atoms with van der Waals surface area (Å²) in [6, 6.07) is 21.1. The molecule has 160 valence electrons. The third-order valence-electron chi connectivity index (χ3n) is 5.47. The largest absolute Gasteiger partial charge is 0.439 e. The van der Waals surface area contributed by atoms with Crippen LogP contribution in [0.1, 0.15) is 40.5 Å². The van der Waals surface area contributed by atoms with Crippen molar-refractivity contribution in [2.75, 3.05) is 12.4 Å². The van der Waals surface area contributed by atoms with Crippen LogP contribution in [0.15, 0.2) is 72.9 Å². The third-order valence-corrected chi connectivity index (χ3v) is 5.47. The molecule has 0 unspecified atom stereocenters. The summed E-state index contributed by atoms with van der Waals surface area (Å²) in [7, 11) is 1.60. The first-order valence-corrected chi connectivity index (χ1v) is 10.6. The highest BCUT2D eigenvalue weighted by molar-refractivity contribution is 6.13. The summed E-state index contributed by atoms with van der Waals surface area (Å²) in [6.07, 6.45) is 4.10. The Bertz CT molecular complexity index is 1280. The van der Waals surface area contributed by atoms with Crippen LogP contribution in [0, 0.1) is 0 Å². The lowest BCUT2D eigenvalue weighted by Crippen LogP contribution is -2.12. The van der Waals surface area contributed by atoms with Gasteiger partial charge in [0.05, 0.1) is 0 Å². The van der Waals surface area contributed by atoms with Crippen LogP contribution < -0.4 is 10.1 Å². The van der Waals surface area contributed by atoms with Crippen LogP contribution in [-0.2, 0) is 11.3 Å². The minimum atomic E-state index is -0.128. The van der Waals surface area contributed by atoms with Crippen molar-refractivity contribution in [1.82, 2.24) is 9.97 Å². The van der Waals surface area contributed by atoms with Gasteiger partial charge >= 0.3 is 0 Å². The van der Waals surface area contributed by atoms with E-state index in [4.69, 9.17) is 9.47 Å². The SMILES string of the molecule is COCc1nccc(Oc2ccc3c(C(=O)Nc4cccc(C5CC5)c4)cccc3c2)n1. The minimum absolute atomic E-state index is 0.128. The first kappa shape index (κ1) is 20.2. The van der Waals surface area contributed by atoms with Crippen molar-refractivity contribution in [3.05, 3.63) is 89.9 Å². The molecule has 1 aromatic heterocycles. The number of methoxy groups -OCH3 is 1. The summed E-state index contributed by atoms with van der Waals surface area (Å²) in [5.74, 6) is 2.14. The second kappa shape index (κ2) is 8.77. The van der Waals surface area contributed by atoms with Gasteiger partial charge in [-0.3, -0.25) is 4.79 Å². The number of hydrogen-bond donors (Lipinski definition) is 1. The summed E-state index contributed by atoms with van der Waals surface area (Å²) >= 11 is 0. The molecule has 6 heteroatoms. The van der Waals surface area contributed by atoms with Crippen molar-refractivity contribution in [3.63, 3.8) is 0 Å². The number of nitrogens with one attached hydrogen (secondary N) is 1. The molecule has 4 aromatic rings. The standard InChI is InChI=1S/C26H23N3O3/c1-31-16-24-27-13-12-25(29-24)32-21-10-11-22-19(15-21)5-3-7-23(22)26(30)28-20-6-2-4-18(14-20)17-8-9-17/h2-7,10-15,17H,8-9,16H2,1H3,(H,28,30). The van der Waals surface area contributed by atoms with E-state index in [2.05, 4.69) is 27.4 Å². The monoisotopic (exact) mass is 425 g/mol. The number of ether oxygens (including phenoxy) is 2. The summed E-state index contributed by atoms with van der Waals surface area (Å²) in [6.45, 7) is 0.316. The van der Waals surface area contributed by atoms with Gasteiger partial charge in [-0.1, -0.05) is 24.3 Å². The highest BCUT2D eigenvalue weighted by Gasteiger charge is 2.23. The molecule has 0 spiro atoms. The van der Waals surface area contributed by atoms with Crippen LogP contribution >= 0.6 is 0 Å². The van der Waals surface area contributed by atoms with E-state index in [1.54, 1.807) is 19.4 Å². The van der Waals surface area contributed by atoms with Crippen LogP contribution in [0.5, 0.6) is 11.6 Å². The molecule has 6 nitrogen and oxygen atoms in total. The van der Waals surface area contributed by atoms with Crippen LogP contribution in [0.2, 0.25) is 0 Å². The van der Waals surface area contributed by atoms with E-state index in [1.165, 1.54) is 18.4 Å². The van der Waals surface area contributed by atoms with E-state index in [1.807, 2.05) is 48.5 Å². The van der Waals surface area contributed by atoms with Crippen molar-refractivity contribution >= 4 is 22.4 Å². The van der Waals surface area contributed by atoms with Crippen LogP contribution in [0.25, 0.3) is 10.8 Å². The third kappa shape index (κ3) is 4.45. The van der Waals surface area contributed by atoms with Crippen LogP contribution in [0.4, 0.5) is 5.69 Å². The summed E-state index contributed by atoms with van der Waals surface area (Å²) < 4.78 is 11.0. The van der Waals surface area contributed by atoms with E-state index < -0.39 is 0 Å². The molecule has 3 aromatic carbocycles. The zero-order valence-corrected chi connectivity index (χ0v) is 17.7. The predicted octanol–water partition coefficient (Wildman–Crippen LogP) is 5.70. The lowest BCUT2D eigenvalue weighted by atomic mass is 10.0. The smallest absolute Gasteiger partial charge is 0.256 e. The molecule has 1 heterocycles. The number of rotatable bonds is 7. The molecule has 5 rings (SSSR count). The van der Waals surface area contributed by atoms with Gasteiger partial charge in [-0.05, 0) is 71.5 Å². The van der Waals surface area contributed by atoms with E-state index in [-0.39, 0.29) is 5.91 Å². The average molecular weight is 425 g/mol. The molecule has 1 aliphatic carbocycles. The zero-order chi connectivity index (χ0) is 21.9. The Labute approximate surface area is 186 Å². The number of carbonyl (C=O) groups is 1. The summed E-state index contributed by atoms with van der Waals surface area (Å²) in [5.41, 5.74) is 2.74. The molecule has 1 saturated carbocycles. The van der Waals surface area contributed by atoms with E-state index in [9.17, 15) is 4.79 Å². The Morgan fingerprint density at radius 1 is 1.06 bits per heavy atom. The Kier molecular flexibility index (Phi) is 5.52. The fourth-order valence-corrected chi connectivity index (χ4v) is 3.77. The van der Waals surface area contributed by atoms with Crippen molar-refractivity contribution in [1.29, 1.82) is 0 Å². The molecule has 0 atom stereocenters. The number of anilines is 1. The molecule has 0 radical (unpaired) electrons. The zero-order valence-electron chi connectivity index (χ0n) is 17.7. The number of amides is 1. The predicted molar refractivity (Wildman–Crippen MR) is 123 cm³/mol. The van der Waals surface area contributed by atoms with Gasteiger partial charge in [0.15, 0.2) is 5.82 Å². The van der Waals surface area contributed by atoms with E-state index in [0.717, 1.165) is 16.5 Å². The van der Waals surface area contributed by atoms with Gasteiger partial charge in [0.1, 0.15) is 12.4 Å².